The quantitative estimate of drug-likeness (QED) is 0.609. The second kappa shape index (κ2) is 5.19. The van der Waals surface area contributed by atoms with Crippen molar-refractivity contribution in [1.82, 2.24) is 0 Å². The zero-order valence-corrected chi connectivity index (χ0v) is 10.4. The molecule has 0 saturated carbocycles. The molecule has 84 valence electrons. The van der Waals surface area contributed by atoms with Crippen molar-refractivity contribution >= 4 is 29.3 Å². The van der Waals surface area contributed by atoms with E-state index in [1.807, 2.05) is 20.8 Å². The van der Waals surface area contributed by atoms with E-state index in [9.17, 15) is 9.90 Å². The Morgan fingerprint density at radius 2 is 1.57 bits per heavy atom. The summed E-state index contributed by atoms with van der Waals surface area (Å²) in [4.78, 5) is 11.3. The Bertz CT molecular complexity index is 195. The number of carboxylic acid groups (broad SMARTS) is 1. The van der Waals surface area contributed by atoms with Gasteiger partial charge in [0, 0.05) is 0 Å². The van der Waals surface area contributed by atoms with Gasteiger partial charge in [-0.15, -0.1) is 23.2 Å². The number of quaternary nitrogens is 1. The predicted octanol–water partition coefficient (Wildman–Crippen LogP) is 2.76. The molecule has 0 aromatic heterocycles. The van der Waals surface area contributed by atoms with Crippen molar-refractivity contribution in [3.8, 4) is 0 Å². The van der Waals surface area contributed by atoms with Gasteiger partial charge >= 0.3 is 6.09 Å². The van der Waals surface area contributed by atoms with Gasteiger partial charge in [-0.2, -0.15) is 4.79 Å². The second-order valence-electron chi connectivity index (χ2n) is 4.25. The van der Waals surface area contributed by atoms with E-state index in [1.165, 1.54) is 0 Å². The molecule has 0 aromatic rings. The van der Waals surface area contributed by atoms with Crippen LogP contribution in [-0.2, 0) is 0 Å². The van der Waals surface area contributed by atoms with Gasteiger partial charge in [0.1, 0.15) is 18.6 Å². The molecule has 5 heteroatoms. The molecule has 0 radical (unpaired) electrons. The fourth-order valence-electron chi connectivity index (χ4n) is 1.55. The van der Waals surface area contributed by atoms with Crippen molar-refractivity contribution < 1.29 is 14.4 Å². The minimum Gasteiger partial charge on any atom is -0.435 e. The van der Waals surface area contributed by atoms with Crippen molar-refractivity contribution in [1.29, 1.82) is 0 Å². The number of hydrogen-bond acceptors (Lipinski definition) is 1. The van der Waals surface area contributed by atoms with Crippen LogP contribution in [0.3, 0.4) is 0 Å². The van der Waals surface area contributed by atoms with Crippen LogP contribution >= 0.6 is 23.2 Å². The summed E-state index contributed by atoms with van der Waals surface area (Å²) in [5.41, 5.74) is -0.393. The number of rotatable bonds is 4. The van der Waals surface area contributed by atoms with Crippen molar-refractivity contribution in [3.63, 3.8) is 0 Å². The molecule has 0 unspecified atom stereocenters. The number of hydrogen-bond donors (Lipinski definition) is 1. The van der Waals surface area contributed by atoms with Crippen molar-refractivity contribution in [2.24, 2.45) is 0 Å². The summed E-state index contributed by atoms with van der Waals surface area (Å²) in [5.74, 6) is 0.640. The lowest BCUT2D eigenvalue weighted by molar-refractivity contribution is -0.899. The maximum absolute atomic E-state index is 11.3. The fraction of sp³-hybridized carbons (Fsp3) is 0.889. The van der Waals surface area contributed by atoms with E-state index in [2.05, 4.69) is 0 Å². The average molecular weight is 243 g/mol. The first-order chi connectivity index (χ1) is 6.31. The van der Waals surface area contributed by atoms with E-state index >= 15 is 0 Å². The van der Waals surface area contributed by atoms with Crippen LogP contribution in [0.4, 0.5) is 4.79 Å². The maximum Gasteiger partial charge on any atom is 0.514 e. The summed E-state index contributed by atoms with van der Waals surface area (Å²) in [6.45, 7) is 6.46. The molecule has 14 heavy (non-hydrogen) atoms. The van der Waals surface area contributed by atoms with E-state index < -0.39 is 11.6 Å². The summed E-state index contributed by atoms with van der Waals surface area (Å²) in [6.07, 6.45) is -0.862. The first kappa shape index (κ1) is 14.0. The van der Waals surface area contributed by atoms with Gasteiger partial charge in [-0.3, -0.25) is 0 Å². The molecule has 0 aliphatic heterocycles. The Labute approximate surface area is 95.2 Å². The smallest absolute Gasteiger partial charge is 0.435 e. The van der Waals surface area contributed by atoms with Gasteiger partial charge in [0.05, 0.1) is 11.8 Å². The minimum absolute atomic E-state index is 0.0833. The zero-order valence-electron chi connectivity index (χ0n) is 8.89. The van der Waals surface area contributed by atoms with Gasteiger partial charge in [0.15, 0.2) is 0 Å². The normalized spacial score (nSPS) is 12.9. The fourth-order valence-corrected chi connectivity index (χ4v) is 2.13. The summed E-state index contributed by atoms with van der Waals surface area (Å²) >= 11 is 11.3. The first-order valence-corrected chi connectivity index (χ1v) is 5.61. The molecule has 0 spiro atoms. The molecule has 0 rings (SSSR count). The topological polar surface area (TPSA) is 37.3 Å². The summed E-state index contributed by atoms with van der Waals surface area (Å²) in [7, 11) is 0. The van der Waals surface area contributed by atoms with Crippen LogP contribution in [-0.4, -0.2) is 46.1 Å². The number of amides is 1. The summed E-state index contributed by atoms with van der Waals surface area (Å²) < 4.78 is -0.0833. The SMILES string of the molecule is CC(C)(C)[N+](CCCl)(CCCl)C(=O)O. The summed E-state index contributed by atoms with van der Waals surface area (Å²) in [6, 6.07) is 0. The Hall–Kier alpha value is 0.01000. The maximum atomic E-state index is 11.3. The zero-order chi connectivity index (χ0) is 11.4. The highest BCUT2D eigenvalue weighted by Crippen LogP contribution is 2.25. The third kappa shape index (κ3) is 2.75. The molecule has 0 atom stereocenters. The highest BCUT2D eigenvalue weighted by Gasteiger charge is 2.46. The molecular weight excluding hydrogens is 225 g/mol. The Balaban J connectivity index is 5.04. The molecule has 0 aliphatic carbocycles. The van der Waals surface area contributed by atoms with E-state index in [1.54, 1.807) is 0 Å². The number of halogens is 2. The number of nitrogens with zero attached hydrogens (tertiary/aromatic N) is 1. The van der Waals surface area contributed by atoms with Gasteiger partial charge in [-0.05, 0) is 20.8 Å². The van der Waals surface area contributed by atoms with Crippen LogP contribution in [0.1, 0.15) is 20.8 Å². The average Bonchev–Trinajstić information content (AvgIpc) is 2.01. The van der Waals surface area contributed by atoms with Gasteiger partial charge in [0.2, 0.25) is 0 Å². The lowest BCUT2D eigenvalue weighted by Crippen LogP contribution is -2.64. The van der Waals surface area contributed by atoms with Crippen LogP contribution in [0.5, 0.6) is 0 Å². The summed E-state index contributed by atoms with van der Waals surface area (Å²) in [5, 5.41) is 9.28. The van der Waals surface area contributed by atoms with Crippen LogP contribution < -0.4 is 0 Å². The lowest BCUT2D eigenvalue weighted by atomic mass is 10.0. The Kier molecular flexibility index (Phi) is 5.20. The van der Waals surface area contributed by atoms with Crippen LogP contribution in [0, 0.1) is 0 Å². The Morgan fingerprint density at radius 1 is 1.21 bits per heavy atom. The minimum atomic E-state index is -0.862. The highest BCUT2D eigenvalue weighted by molar-refractivity contribution is 6.18. The molecule has 0 saturated heterocycles. The largest absolute Gasteiger partial charge is 0.514 e. The Morgan fingerprint density at radius 3 is 1.71 bits per heavy atom. The van der Waals surface area contributed by atoms with Crippen molar-refractivity contribution in [3.05, 3.63) is 0 Å². The first-order valence-electron chi connectivity index (χ1n) is 4.54. The molecule has 1 N–H and O–H groups in total. The molecule has 0 fully saturated rings. The van der Waals surface area contributed by atoms with Gasteiger partial charge in [0.25, 0.3) is 0 Å². The van der Waals surface area contributed by atoms with E-state index in [0.717, 1.165) is 0 Å². The molecule has 0 aliphatic rings. The monoisotopic (exact) mass is 242 g/mol. The number of carbonyl (C=O) groups is 1. The molecule has 3 nitrogen and oxygen atoms in total. The third-order valence-electron chi connectivity index (χ3n) is 2.58. The van der Waals surface area contributed by atoms with Gasteiger partial charge in [-0.25, -0.2) is 4.48 Å². The van der Waals surface area contributed by atoms with E-state index in [-0.39, 0.29) is 4.48 Å². The molecule has 0 bridgehead atoms. The molecular formula is C9H18Cl2NO2+. The van der Waals surface area contributed by atoms with Gasteiger partial charge < -0.3 is 5.11 Å². The predicted molar refractivity (Wildman–Crippen MR) is 59.2 cm³/mol. The number of alkyl halides is 2. The van der Waals surface area contributed by atoms with E-state index in [0.29, 0.717) is 24.8 Å². The van der Waals surface area contributed by atoms with Gasteiger partial charge in [-0.1, -0.05) is 0 Å². The van der Waals surface area contributed by atoms with E-state index in [4.69, 9.17) is 23.2 Å². The van der Waals surface area contributed by atoms with Crippen molar-refractivity contribution in [2.75, 3.05) is 24.8 Å². The molecule has 1 amide bonds. The third-order valence-corrected chi connectivity index (χ3v) is 2.92. The lowest BCUT2D eigenvalue weighted by Gasteiger charge is -2.42. The van der Waals surface area contributed by atoms with Crippen LogP contribution in [0.2, 0.25) is 0 Å². The molecule has 0 aromatic carbocycles. The van der Waals surface area contributed by atoms with Crippen molar-refractivity contribution in [2.45, 2.75) is 26.3 Å². The highest BCUT2D eigenvalue weighted by atomic mass is 35.5. The second-order valence-corrected chi connectivity index (χ2v) is 5.00. The molecule has 0 heterocycles. The standard InChI is InChI=1S/C9H17Cl2NO2/c1-9(2,3)12(6-4-10,7-5-11)8(13)14/h4-7H2,1-3H3/p+1. The van der Waals surface area contributed by atoms with Crippen LogP contribution in [0.25, 0.3) is 0 Å². The van der Waals surface area contributed by atoms with Crippen LogP contribution in [0.15, 0.2) is 0 Å².